The van der Waals surface area contributed by atoms with E-state index in [0.29, 0.717) is 10.6 Å². The second kappa shape index (κ2) is 14.3. The van der Waals surface area contributed by atoms with Crippen molar-refractivity contribution in [1.82, 2.24) is 10.2 Å². The molecule has 0 aliphatic heterocycles. The first kappa shape index (κ1) is 32.4. The number of hydrogen-bond donors (Lipinski definition) is 1. The van der Waals surface area contributed by atoms with Crippen LogP contribution >= 0.6 is 46.4 Å². The summed E-state index contributed by atoms with van der Waals surface area (Å²) >= 11 is 25.1. The van der Waals surface area contributed by atoms with Gasteiger partial charge in [-0.3, -0.25) is 13.9 Å². The normalized spacial score (nSPS) is 14.4. The molecule has 2 amide bonds. The summed E-state index contributed by atoms with van der Waals surface area (Å²) in [6.45, 7) is -0.663. The van der Waals surface area contributed by atoms with Crippen LogP contribution < -0.4 is 9.62 Å². The number of carbonyl (C=O) groups excluding carboxylic acids is 2. The Kier molecular flexibility index (Phi) is 11.1. The zero-order valence-corrected chi connectivity index (χ0v) is 26.7. The quantitative estimate of drug-likeness (QED) is 0.228. The molecule has 0 spiro atoms. The zero-order chi connectivity index (χ0) is 30.4. The lowest BCUT2D eigenvalue weighted by molar-refractivity contribution is -0.140. The van der Waals surface area contributed by atoms with Crippen LogP contribution in [0.5, 0.6) is 0 Å². The monoisotopic (exact) mass is 669 g/mol. The predicted octanol–water partition coefficient (Wildman–Crippen LogP) is 6.77. The summed E-state index contributed by atoms with van der Waals surface area (Å²) in [6.07, 6.45) is 4.93. The molecule has 3 aromatic rings. The van der Waals surface area contributed by atoms with Crippen molar-refractivity contribution in [3.05, 3.63) is 97.9 Å². The highest BCUT2D eigenvalue weighted by Crippen LogP contribution is 2.36. The SMILES string of the molecule is CS(=O)(=O)N(CC(=O)N(Cc1ccccc1Cl)C(Cc1ccccc1)C(=O)NC1CCCC1)c1cc(Cl)c(Cl)cc1Cl. The second-order valence-electron chi connectivity index (χ2n) is 10.3. The van der Waals surface area contributed by atoms with Crippen molar-refractivity contribution in [1.29, 1.82) is 0 Å². The molecule has 1 saturated carbocycles. The van der Waals surface area contributed by atoms with Gasteiger partial charge in [0.1, 0.15) is 12.6 Å². The van der Waals surface area contributed by atoms with E-state index >= 15 is 0 Å². The van der Waals surface area contributed by atoms with Crippen molar-refractivity contribution in [2.24, 2.45) is 0 Å². The Morgan fingerprint density at radius 1 is 0.881 bits per heavy atom. The van der Waals surface area contributed by atoms with Crippen LogP contribution in [0.25, 0.3) is 0 Å². The van der Waals surface area contributed by atoms with Gasteiger partial charge >= 0.3 is 0 Å². The standard InChI is InChI=1S/C30H31Cl4N3O4S/c1-42(40,41)37(27-17-25(33)24(32)16-26(27)34)19-29(38)36(18-21-11-5-8-14-23(21)31)28(15-20-9-3-2-4-10-20)30(39)35-22-12-6-7-13-22/h2-5,8-11,14,16-17,22,28H,6-7,12-13,15,18-19H2,1H3,(H,35,39). The molecule has 42 heavy (non-hydrogen) atoms. The summed E-state index contributed by atoms with van der Waals surface area (Å²) in [5.41, 5.74) is 1.45. The maximum atomic E-state index is 14.2. The molecular formula is C30H31Cl4N3O4S. The topological polar surface area (TPSA) is 86.8 Å². The Bertz CT molecular complexity index is 1530. The molecular weight excluding hydrogens is 640 g/mol. The van der Waals surface area contributed by atoms with Crippen LogP contribution in [0.3, 0.4) is 0 Å². The molecule has 1 atom stereocenters. The maximum Gasteiger partial charge on any atom is 0.244 e. The first-order valence-corrected chi connectivity index (χ1v) is 16.8. The van der Waals surface area contributed by atoms with E-state index in [0.717, 1.165) is 41.8 Å². The predicted molar refractivity (Wildman–Crippen MR) is 170 cm³/mol. The van der Waals surface area contributed by atoms with Gasteiger partial charge in [0.15, 0.2) is 0 Å². The van der Waals surface area contributed by atoms with Crippen molar-refractivity contribution in [3.63, 3.8) is 0 Å². The highest BCUT2D eigenvalue weighted by Gasteiger charge is 2.35. The molecule has 12 heteroatoms. The van der Waals surface area contributed by atoms with Gasteiger partial charge in [-0.05, 0) is 42.2 Å². The Morgan fingerprint density at radius 2 is 1.50 bits per heavy atom. The number of carbonyl (C=O) groups is 2. The Hall–Kier alpha value is -2.49. The number of benzene rings is 3. The first-order valence-electron chi connectivity index (χ1n) is 13.4. The first-order chi connectivity index (χ1) is 19.9. The van der Waals surface area contributed by atoms with Crippen molar-refractivity contribution < 1.29 is 18.0 Å². The lowest BCUT2D eigenvalue weighted by atomic mass is 10.0. The summed E-state index contributed by atoms with van der Waals surface area (Å²) in [7, 11) is -4.03. The van der Waals surface area contributed by atoms with Crippen LogP contribution in [-0.2, 0) is 32.6 Å². The molecule has 224 valence electrons. The lowest BCUT2D eigenvalue weighted by Crippen LogP contribution is -2.54. The van der Waals surface area contributed by atoms with Crippen molar-refractivity contribution >= 4 is 73.9 Å². The fourth-order valence-corrected chi connectivity index (χ4v) is 6.77. The van der Waals surface area contributed by atoms with Gasteiger partial charge in [0.25, 0.3) is 0 Å². The number of nitrogens with one attached hydrogen (secondary N) is 1. The van der Waals surface area contributed by atoms with Gasteiger partial charge in [0, 0.05) is 24.0 Å². The molecule has 1 aliphatic rings. The third kappa shape index (κ3) is 8.32. The van der Waals surface area contributed by atoms with E-state index in [1.54, 1.807) is 24.3 Å². The molecule has 0 bridgehead atoms. The molecule has 4 rings (SSSR count). The molecule has 0 saturated heterocycles. The number of halogens is 4. The fraction of sp³-hybridized carbons (Fsp3) is 0.333. The highest BCUT2D eigenvalue weighted by atomic mass is 35.5. The summed E-state index contributed by atoms with van der Waals surface area (Å²) in [4.78, 5) is 29.5. The number of nitrogens with zero attached hydrogens (tertiary/aromatic N) is 2. The summed E-state index contributed by atoms with van der Waals surface area (Å²) in [5, 5.41) is 3.74. The number of rotatable bonds is 11. The lowest BCUT2D eigenvalue weighted by Gasteiger charge is -2.34. The van der Waals surface area contributed by atoms with Gasteiger partial charge in [-0.25, -0.2) is 8.42 Å². The number of sulfonamides is 1. The Labute approximate surface area is 266 Å². The van der Waals surface area contributed by atoms with Crippen LogP contribution in [0.2, 0.25) is 20.1 Å². The molecule has 1 fully saturated rings. The van der Waals surface area contributed by atoms with Crippen LogP contribution in [0.15, 0.2) is 66.7 Å². The van der Waals surface area contributed by atoms with Crippen LogP contribution in [0.4, 0.5) is 5.69 Å². The van der Waals surface area contributed by atoms with Gasteiger partial charge in [-0.1, -0.05) is 108 Å². The third-order valence-corrected chi connectivity index (χ3v) is 9.73. The van der Waals surface area contributed by atoms with E-state index in [-0.39, 0.29) is 45.7 Å². The maximum absolute atomic E-state index is 14.2. The van der Waals surface area contributed by atoms with Crippen molar-refractivity contribution in [3.8, 4) is 0 Å². The largest absolute Gasteiger partial charge is 0.352 e. The fourth-order valence-electron chi connectivity index (χ4n) is 5.03. The van der Waals surface area contributed by atoms with Crippen molar-refractivity contribution in [2.45, 2.75) is 50.7 Å². The molecule has 3 aromatic carbocycles. The van der Waals surface area contributed by atoms with Gasteiger partial charge in [-0.2, -0.15) is 0 Å². The molecule has 1 aliphatic carbocycles. The van der Waals surface area contributed by atoms with Crippen LogP contribution in [0.1, 0.15) is 36.8 Å². The molecule has 1 unspecified atom stereocenters. The molecule has 0 heterocycles. The minimum absolute atomic E-state index is 0.0000841. The Morgan fingerprint density at radius 3 is 2.14 bits per heavy atom. The molecule has 1 N–H and O–H groups in total. The van der Waals surface area contributed by atoms with Crippen LogP contribution in [-0.4, -0.2) is 50.0 Å². The highest BCUT2D eigenvalue weighted by molar-refractivity contribution is 7.92. The molecule has 7 nitrogen and oxygen atoms in total. The van der Waals surface area contributed by atoms with E-state index in [9.17, 15) is 18.0 Å². The number of amides is 2. The second-order valence-corrected chi connectivity index (χ2v) is 13.8. The third-order valence-electron chi connectivity index (χ3n) is 7.21. The Balaban J connectivity index is 1.76. The zero-order valence-electron chi connectivity index (χ0n) is 22.9. The van der Waals surface area contributed by atoms with E-state index in [1.165, 1.54) is 17.0 Å². The van der Waals surface area contributed by atoms with E-state index in [1.807, 2.05) is 30.3 Å². The number of hydrogen-bond acceptors (Lipinski definition) is 4. The summed E-state index contributed by atoms with van der Waals surface area (Å²) in [5.74, 6) is -0.936. The average Bonchev–Trinajstić information content (AvgIpc) is 3.45. The number of anilines is 1. The molecule has 0 aromatic heterocycles. The minimum Gasteiger partial charge on any atom is -0.352 e. The van der Waals surface area contributed by atoms with E-state index < -0.39 is 28.5 Å². The van der Waals surface area contributed by atoms with Gasteiger partial charge < -0.3 is 10.2 Å². The minimum atomic E-state index is -4.03. The van der Waals surface area contributed by atoms with Gasteiger partial charge in [0.05, 0.1) is 27.0 Å². The van der Waals surface area contributed by atoms with E-state index in [2.05, 4.69) is 5.32 Å². The van der Waals surface area contributed by atoms with Gasteiger partial charge in [0.2, 0.25) is 21.8 Å². The summed E-state index contributed by atoms with van der Waals surface area (Å²) < 4.78 is 26.9. The summed E-state index contributed by atoms with van der Waals surface area (Å²) in [6, 6.07) is 18.0. The van der Waals surface area contributed by atoms with Crippen LogP contribution in [0, 0.1) is 0 Å². The van der Waals surface area contributed by atoms with Crippen molar-refractivity contribution in [2.75, 3.05) is 17.1 Å². The molecule has 0 radical (unpaired) electrons. The average molecular weight is 671 g/mol. The van der Waals surface area contributed by atoms with E-state index in [4.69, 9.17) is 46.4 Å². The van der Waals surface area contributed by atoms with Gasteiger partial charge in [-0.15, -0.1) is 0 Å². The smallest absolute Gasteiger partial charge is 0.244 e.